The molecule has 19 heavy (non-hydrogen) atoms. The first kappa shape index (κ1) is 15.3. The van der Waals surface area contributed by atoms with Crippen LogP contribution in [-0.4, -0.2) is 42.8 Å². The molecule has 2 rings (SSSR count). The third-order valence-corrected chi connectivity index (χ3v) is 4.93. The molecular weight excluding hydrogens is 236 g/mol. The second-order valence-corrected chi connectivity index (χ2v) is 8.40. The van der Waals surface area contributed by atoms with Gasteiger partial charge in [-0.25, -0.2) is 0 Å². The van der Waals surface area contributed by atoms with Crippen molar-refractivity contribution < 1.29 is 4.74 Å². The first-order valence-corrected chi connectivity index (χ1v) is 7.74. The smallest absolute Gasteiger partial charge is 0.0620 e. The Morgan fingerprint density at radius 3 is 2.16 bits per heavy atom. The van der Waals surface area contributed by atoms with Crippen molar-refractivity contribution in [1.29, 1.82) is 0 Å². The van der Waals surface area contributed by atoms with Crippen LogP contribution in [0, 0.1) is 10.8 Å². The van der Waals surface area contributed by atoms with E-state index in [9.17, 15) is 0 Å². The van der Waals surface area contributed by atoms with Crippen LogP contribution in [0.1, 0.15) is 53.9 Å². The van der Waals surface area contributed by atoms with E-state index >= 15 is 0 Å². The molecule has 0 spiro atoms. The summed E-state index contributed by atoms with van der Waals surface area (Å²) in [6.45, 7) is 15.4. The van der Waals surface area contributed by atoms with Crippen LogP contribution in [0.2, 0.25) is 0 Å². The van der Waals surface area contributed by atoms with E-state index in [0.717, 1.165) is 26.3 Å². The normalized spacial score (nSPS) is 34.1. The highest BCUT2D eigenvalue weighted by atomic mass is 16.5. The van der Waals surface area contributed by atoms with Gasteiger partial charge in [-0.1, -0.05) is 27.7 Å². The Balaban J connectivity index is 2.29. The summed E-state index contributed by atoms with van der Waals surface area (Å²) >= 11 is 0. The van der Waals surface area contributed by atoms with E-state index < -0.39 is 0 Å². The minimum Gasteiger partial charge on any atom is -0.379 e. The monoisotopic (exact) mass is 268 g/mol. The molecule has 3 heteroatoms. The van der Waals surface area contributed by atoms with Crippen molar-refractivity contribution in [1.82, 2.24) is 4.90 Å². The fraction of sp³-hybridized carbons (Fsp3) is 1.00. The summed E-state index contributed by atoms with van der Waals surface area (Å²) in [5, 5.41) is 0. The fourth-order valence-corrected chi connectivity index (χ4v) is 5.16. The molecular formula is C16H32N2O. The average molecular weight is 268 g/mol. The molecule has 1 atom stereocenters. The number of rotatable bonds is 2. The van der Waals surface area contributed by atoms with Crippen molar-refractivity contribution >= 4 is 0 Å². The average Bonchev–Trinajstić information content (AvgIpc) is 2.25. The summed E-state index contributed by atoms with van der Waals surface area (Å²) in [7, 11) is 0. The van der Waals surface area contributed by atoms with Crippen LogP contribution in [0.3, 0.4) is 0 Å². The van der Waals surface area contributed by atoms with E-state index in [0.29, 0.717) is 16.9 Å². The van der Waals surface area contributed by atoms with Crippen LogP contribution in [0.5, 0.6) is 0 Å². The lowest BCUT2D eigenvalue weighted by Crippen LogP contribution is -2.65. The zero-order valence-electron chi connectivity index (χ0n) is 13.5. The molecule has 1 unspecified atom stereocenters. The van der Waals surface area contributed by atoms with Gasteiger partial charge in [0.2, 0.25) is 0 Å². The maximum absolute atomic E-state index is 6.29. The summed E-state index contributed by atoms with van der Waals surface area (Å²) in [6, 6.07) is 0.488. The van der Waals surface area contributed by atoms with E-state index in [4.69, 9.17) is 10.5 Å². The minimum atomic E-state index is 0.161. The predicted molar refractivity (Wildman–Crippen MR) is 80.2 cm³/mol. The van der Waals surface area contributed by atoms with Crippen molar-refractivity contribution in [2.75, 3.05) is 26.3 Å². The summed E-state index contributed by atoms with van der Waals surface area (Å²) in [5.74, 6) is 0. The highest BCUT2D eigenvalue weighted by molar-refractivity contribution is 5.06. The number of ether oxygens (including phenoxy) is 1. The predicted octanol–water partition coefficient (Wildman–Crippen LogP) is 2.64. The Morgan fingerprint density at radius 2 is 1.68 bits per heavy atom. The topological polar surface area (TPSA) is 38.5 Å². The Labute approximate surface area is 118 Å². The van der Waals surface area contributed by atoms with Crippen LogP contribution < -0.4 is 5.73 Å². The number of hydrogen-bond donors (Lipinski definition) is 1. The Hall–Kier alpha value is -0.120. The third-order valence-electron chi connectivity index (χ3n) is 4.93. The molecule has 1 aliphatic carbocycles. The van der Waals surface area contributed by atoms with Crippen LogP contribution >= 0.6 is 0 Å². The molecule has 2 N–H and O–H groups in total. The molecule has 2 fully saturated rings. The molecule has 2 aliphatic rings. The van der Waals surface area contributed by atoms with Gasteiger partial charge in [-0.2, -0.15) is 0 Å². The van der Waals surface area contributed by atoms with Crippen molar-refractivity contribution in [3.8, 4) is 0 Å². The quantitative estimate of drug-likeness (QED) is 0.837. The fourth-order valence-electron chi connectivity index (χ4n) is 5.16. The van der Waals surface area contributed by atoms with Crippen LogP contribution in [0.4, 0.5) is 0 Å². The lowest BCUT2D eigenvalue weighted by Gasteiger charge is -2.58. The van der Waals surface area contributed by atoms with Gasteiger partial charge in [-0.05, 0) is 37.0 Å². The van der Waals surface area contributed by atoms with Crippen molar-refractivity contribution in [3.05, 3.63) is 0 Å². The maximum Gasteiger partial charge on any atom is 0.0620 e. The number of nitrogens with zero attached hydrogens (tertiary/aromatic N) is 1. The van der Waals surface area contributed by atoms with E-state index in [2.05, 4.69) is 39.5 Å². The molecule has 0 aromatic heterocycles. The maximum atomic E-state index is 6.29. The van der Waals surface area contributed by atoms with Gasteiger partial charge in [-0.15, -0.1) is 0 Å². The van der Waals surface area contributed by atoms with Crippen molar-refractivity contribution in [3.63, 3.8) is 0 Å². The van der Waals surface area contributed by atoms with E-state index in [1.165, 1.54) is 19.3 Å². The molecule has 1 saturated heterocycles. The molecule has 3 nitrogen and oxygen atoms in total. The summed E-state index contributed by atoms with van der Waals surface area (Å²) in [6.07, 6.45) is 3.72. The van der Waals surface area contributed by atoms with E-state index in [1.54, 1.807) is 0 Å². The van der Waals surface area contributed by atoms with Crippen LogP contribution in [-0.2, 0) is 4.74 Å². The molecule has 1 aliphatic heterocycles. The molecule has 112 valence electrons. The lowest BCUT2D eigenvalue weighted by atomic mass is 9.57. The van der Waals surface area contributed by atoms with Crippen molar-refractivity contribution in [2.24, 2.45) is 16.6 Å². The van der Waals surface area contributed by atoms with Gasteiger partial charge in [0.15, 0.2) is 0 Å². The summed E-state index contributed by atoms with van der Waals surface area (Å²) in [5.41, 5.74) is 7.20. The molecule has 1 saturated carbocycles. The van der Waals surface area contributed by atoms with Gasteiger partial charge in [0.25, 0.3) is 0 Å². The molecule has 0 radical (unpaired) electrons. The number of nitrogens with two attached hydrogens (primary N) is 1. The van der Waals surface area contributed by atoms with Crippen LogP contribution in [0.25, 0.3) is 0 Å². The second kappa shape index (κ2) is 5.01. The largest absolute Gasteiger partial charge is 0.379 e. The molecule has 0 aromatic rings. The standard InChI is InChI=1S/C16H32N2O/c1-13-8-19-7-6-18(13)16(12-17)10-14(2,3)9-15(4,5)11-16/h13H,6-12,17H2,1-5H3. The Morgan fingerprint density at radius 1 is 1.11 bits per heavy atom. The highest BCUT2D eigenvalue weighted by Gasteiger charge is 2.50. The molecule has 0 amide bonds. The first-order valence-electron chi connectivity index (χ1n) is 7.74. The molecule has 1 heterocycles. The zero-order valence-corrected chi connectivity index (χ0v) is 13.5. The summed E-state index contributed by atoms with van der Waals surface area (Å²) in [4.78, 5) is 2.65. The second-order valence-electron chi connectivity index (χ2n) is 8.40. The van der Waals surface area contributed by atoms with Gasteiger partial charge in [0, 0.05) is 24.7 Å². The highest BCUT2D eigenvalue weighted by Crippen LogP contribution is 2.52. The zero-order chi connectivity index (χ0) is 14.3. The van der Waals surface area contributed by atoms with Gasteiger partial charge in [0.05, 0.1) is 13.2 Å². The Bertz CT molecular complexity index is 309. The first-order chi connectivity index (χ1) is 8.70. The van der Waals surface area contributed by atoms with E-state index in [-0.39, 0.29) is 5.54 Å². The molecule has 0 bridgehead atoms. The Kier molecular flexibility index (Phi) is 4.03. The summed E-state index contributed by atoms with van der Waals surface area (Å²) < 4.78 is 5.61. The molecule has 0 aromatic carbocycles. The van der Waals surface area contributed by atoms with Crippen molar-refractivity contribution in [2.45, 2.75) is 65.5 Å². The van der Waals surface area contributed by atoms with Gasteiger partial charge < -0.3 is 10.5 Å². The third kappa shape index (κ3) is 3.14. The lowest BCUT2D eigenvalue weighted by molar-refractivity contribution is -0.107. The minimum absolute atomic E-state index is 0.161. The number of morpholine rings is 1. The van der Waals surface area contributed by atoms with Gasteiger partial charge >= 0.3 is 0 Å². The number of hydrogen-bond acceptors (Lipinski definition) is 3. The van der Waals surface area contributed by atoms with Gasteiger partial charge in [-0.3, -0.25) is 4.90 Å². The van der Waals surface area contributed by atoms with Gasteiger partial charge in [0.1, 0.15) is 0 Å². The van der Waals surface area contributed by atoms with E-state index in [1.807, 2.05) is 0 Å². The SMILES string of the molecule is CC1COCCN1C1(CN)CC(C)(C)CC(C)(C)C1. The van der Waals surface area contributed by atoms with Crippen LogP contribution in [0.15, 0.2) is 0 Å².